The zero-order chi connectivity index (χ0) is 9.35. The van der Waals surface area contributed by atoms with Crippen LogP contribution in [0.5, 0.6) is 0 Å². The Balaban J connectivity index is 2.92. The Morgan fingerprint density at radius 1 is 1.58 bits per heavy atom. The Kier molecular flexibility index (Phi) is 2.39. The maximum atomic E-state index is 12.0. The Hall–Kier alpha value is -0.620. The second-order valence-corrected chi connectivity index (χ2v) is 3.42. The summed E-state index contributed by atoms with van der Waals surface area (Å²) in [5.41, 5.74) is 5.37. The molecule has 2 N–H and O–H groups in total. The summed E-state index contributed by atoms with van der Waals surface area (Å²) in [4.78, 5) is 3.67. The first-order chi connectivity index (χ1) is 5.41. The van der Waals surface area contributed by atoms with Crippen LogP contribution in [0.2, 0.25) is 0 Å². The molecule has 0 bridgehead atoms. The van der Waals surface area contributed by atoms with Gasteiger partial charge in [-0.05, 0) is 6.92 Å². The molecular formula is C6H7F3N2S. The minimum Gasteiger partial charge on any atom is -0.323 e. The minimum absolute atomic E-state index is 0.390. The second-order valence-electron chi connectivity index (χ2n) is 2.35. The quantitative estimate of drug-likeness (QED) is 0.747. The van der Waals surface area contributed by atoms with Gasteiger partial charge in [0.25, 0.3) is 0 Å². The molecule has 1 aromatic rings. The van der Waals surface area contributed by atoms with E-state index in [0.29, 0.717) is 16.2 Å². The molecule has 0 aliphatic heterocycles. The smallest absolute Gasteiger partial charge is 0.323 e. The van der Waals surface area contributed by atoms with Crippen LogP contribution in [0.1, 0.15) is 22.9 Å². The van der Waals surface area contributed by atoms with Gasteiger partial charge in [-0.2, -0.15) is 13.2 Å². The molecule has 0 spiro atoms. The molecule has 2 nitrogen and oxygen atoms in total. The zero-order valence-corrected chi connectivity index (χ0v) is 7.04. The van der Waals surface area contributed by atoms with Crippen LogP contribution in [-0.4, -0.2) is 4.98 Å². The predicted molar refractivity (Wildman–Crippen MR) is 39.7 cm³/mol. The van der Waals surface area contributed by atoms with Gasteiger partial charge in [0.15, 0.2) is 5.01 Å². The molecule has 1 aromatic heterocycles. The summed E-state index contributed by atoms with van der Waals surface area (Å²) in [5, 5.41) is -0.838. The lowest BCUT2D eigenvalue weighted by atomic mass is 10.3. The number of alkyl halides is 3. The second kappa shape index (κ2) is 3.02. The molecule has 0 unspecified atom stereocenters. The average Bonchev–Trinajstić information content (AvgIpc) is 2.30. The van der Waals surface area contributed by atoms with Gasteiger partial charge in [0.05, 0.1) is 0 Å². The summed E-state index contributed by atoms with van der Waals surface area (Å²) in [6, 6.07) is -0.390. The van der Waals surface area contributed by atoms with Crippen LogP contribution in [0, 0.1) is 0 Å². The van der Waals surface area contributed by atoms with Gasteiger partial charge in [-0.25, -0.2) is 4.98 Å². The topological polar surface area (TPSA) is 38.9 Å². The third-order valence-corrected chi connectivity index (χ3v) is 2.46. The van der Waals surface area contributed by atoms with E-state index in [9.17, 15) is 13.2 Å². The van der Waals surface area contributed by atoms with Crippen molar-refractivity contribution in [1.29, 1.82) is 0 Å². The molecular weight excluding hydrogens is 189 g/mol. The van der Waals surface area contributed by atoms with Gasteiger partial charge in [-0.1, -0.05) is 0 Å². The molecule has 0 aromatic carbocycles. The van der Waals surface area contributed by atoms with Gasteiger partial charge in [-0.3, -0.25) is 0 Å². The molecule has 12 heavy (non-hydrogen) atoms. The molecule has 1 heterocycles. The van der Waals surface area contributed by atoms with Crippen molar-refractivity contribution in [3.63, 3.8) is 0 Å². The molecule has 0 aliphatic carbocycles. The van der Waals surface area contributed by atoms with Crippen molar-refractivity contribution >= 4 is 11.3 Å². The van der Waals surface area contributed by atoms with Gasteiger partial charge in [0, 0.05) is 17.1 Å². The molecule has 0 radical (unpaired) electrons. The molecule has 0 aliphatic rings. The van der Waals surface area contributed by atoms with Crippen molar-refractivity contribution in [1.82, 2.24) is 4.98 Å². The number of rotatable bonds is 1. The van der Waals surface area contributed by atoms with E-state index in [4.69, 9.17) is 5.73 Å². The molecule has 68 valence electrons. The van der Waals surface area contributed by atoms with E-state index in [1.807, 2.05) is 0 Å². The first kappa shape index (κ1) is 9.47. The van der Waals surface area contributed by atoms with Gasteiger partial charge in [0.2, 0.25) is 0 Å². The Morgan fingerprint density at radius 3 is 2.42 bits per heavy atom. The normalized spacial score (nSPS) is 14.8. The average molecular weight is 196 g/mol. The largest absolute Gasteiger partial charge is 0.443 e. The standard InChI is InChI=1S/C6H7F3N2S/c1-3(10)4-2-11-5(12-4)6(7,8)9/h2-3H,10H2,1H3/t3-/m0/s1. The van der Waals surface area contributed by atoms with E-state index in [1.165, 1.54) is 0 Å². The molecule has 1 rings (SSSR count). The van der Waals surface area contributed by atoms with E-state index in [0.717, 1.165) is 6.20 Å². The van der Waals surface area contributed by atoms with Crippen LogP contribution in [0.4, 0.5) is 13.2 Å². The highest BCUT2D eigenvalue weighted by Gasteiger charge is 2.34. The number of aromatic nitrogens is 1. The van der Waals surface area contributed by atoms with E-state index in [1.54, 1.807) is 6.92 Å². The van der Waals surface area contributed by atoms with Gasteiger partial charge in [-0.15, -0.1) is 11.3 Å². The summed E-state index contributed by atoms with van der Waals surface area (Å²) in [6.45, 7) is 1.62. The lowest BCUT2D eigenvalue weighted by Crippen LogP contribution is -2.03. The van der Waals surface area contributed by atoms with Gasteiger partial charge < -0.3 is 5.73 Å². The molecule has 0 saturated carbocycles. The lowest BCUT2D eigenvalue weighted by Gasteiger charge is -2.00. The number of thiazole rings is 1. The molecule has 0 saturated heterocycles. The van der Waals surface area contributed by atoms with E-state index in [-0.39, 0.29) is 0 Å². The van der Waals surface area contributed by atoms with E-state index in [2.05, 4.69) is 4.98 Å². The Morgan fingerprint density at radius 2 is 2.17 bits per heavy atom. The van der Waals surface area contributed by atoms with Crippen molar-refractivity contribution in [3.8, 4) is 0 Å². The number of halogens is 3. The monoisotopic (exact) mass is 196 g/mol. The summed E-state index contributed by atoms with van der Waals surface area (Å²) in [7, 11) is 0. The lowest BCUT2D eigenvalue weighted by molar-refractivity contribution is -0.137. The maximum Gasteiger partial charge on any atom is 0.443 e. The first-order valence-electron chi connectivity index (χ1n) is 3.20. The van der Waals surface area contributed by atoms with Gasteiger partial charge in [0.1, 0.15) is 0 Å². The molecule has 1 atom stereocenters. The van der Waals surface area contributed by atoms with Crippen LogP contribution in [0.3, 0.4) is 0 Å². The fourth-order valence-corrected chi connectivity index (χ4v) is 1.36. The van der Waals surface area contributed by atoms with Crippen molar-refractivity contribution < 1.29 is 13.2 Å². The highest BCUT2D eigenvalue weighted by atomic mass is 32.1. The number of nitrogens with zero attached hydrogens (tertiary/aromatic N) is 1. The van der Waals surface area contributed by atoms with Crippen molar-refractivity contribution in [2.75, 3.05) is 0 Å². The number of hydrogen-bond donors (Lipinski definition) is 1. The summed E-state index contributed by atoms with van der Waals surface area (Å²) in [5.74, 6) is 0. The highest BCUT2D eigenvalue weighted by Crippen LogP contribution is 2.33. The predicted octanol–water partition coefficient (Wildman–Crippen LogP) is 2.18. The maximum absolute atomic E-state index is 12.0. The SMILES string of the molecule is C[C@H](N)c1cnc(C(F)(F)F)s1. The van der Waals surface area contributed by atoms with Crippen LogP contribution in [0.25, 0.3) is 0 Å². The van der Waals surface area contributed by atoms with Crippen LogP contribution in [0.15, 0.2) is 6.20 Å². The van der Waals surface area contributed by atoms with Crippen LogP contribution in [-0.2, 0) is 6.18 Å². The first-order valence-corrected chi connectivity index (χ1v) is 4.01. The fraction of sp³-hybridized carbons (Fsp3) is 0.500. The summed E-state index contributed by atoms with van der Waals surface area (Å²) >= 11 is 0.587. The van der Waals surface area contributed by atoms with E-state index >= 15 is 0 Å². The Labute approximate surface area is 71.2 Å². The number of hydrogen-bond acceptors (Lipinski definition) is 3. The summed E-state index contributed by atoms with van der Waals surface area (Å²) < 4.78 is 35.9. The summed E-state index contributed by atoms with van der Waals surface area (Å²) in [6.07, 6.45) is -3.18. The van der Waals surface area contributed by atoms with Crippen LogP contribution >= 0.6 is 11.3 Å². The van der Waals surface area contributed by atoms with E-state index < -0.39 is 17.2 Å². The van der Waals surface area contributed by atoms with Crippen molar-refractivity contribution in [2.45, 2.75) is 19.1 Å². The van der Waals surface area contributed by atoms with Crippen molar-refractivity contribution in [2.24, 2.45) is 5.73 Å². The number of nitrogens with two attached hydrogens (primary N) is 1. The van der Waals surface area contributed by atoms with Crippen molar-refractivity contribution in [3.05, 3.63) is 16.1 Å². The van der Waals surface area contributed by atoms with Gasteiger partial charge >= 0.3 is 6.18 Å². The molecule has 0 fully saturated rings. The Bertz CT molecular complexity index is 266. The third kappa shape index (κ3) is 1.95. The minimum atomic E-state index is -4.35. The highest BCUT2D eigenvalue weighted by molar-refractivity contribution is 7.11. The van der Waals surface area contributed by atoms with Crippen LogP contribution < -0.4 is 5.73 Å². The zero-order valence-electron chi connectivity index (χ0n) is 6.22. The third-order valence-electron chi connectivity index (χ3n) is 1.21. The fourth-order valence-electron chi connectivity index (χ4n) is 0.628. The molecule has 0 amide bonds. The molecule has 6 heteroatoms.